The van der Waals surface area contributed by atoms with Crippen molar-refractivity contribution in [2.75, 3.05) is 13.1 Å². The summed E-state index contributed by atoms with van der Waals surface area (Å²) in [4.78, 5) is 22.3. The molecule has 22 heavy (non-hydrogen) atoms. The maximum absolute atomic E-state index is 12.4. The minimum atomic E-state index is -4.09. The van der Waals surface area contributed by atoms with Gasteiger partial charge in [-0.2, -0.15) is 4.31 Å². The largest absolute Gasteiger partial charge is 0.650 e. The summed E-state index contributed by atoms with van der Waals surface area (Å²) in [7, 11) is 1.38. The van der Waals surface area contributed by atoms with Gasteiger partial charge in [0.25, 0.3) is 0 Å². The molecule has 1 aromatic carbocycles. The van der Waals surface area contributed by atoms with Gasteiger partial charge in [0.15, 0.2) is 0 Å². The summed E-state index contributed by atoms with van der Waals surface area (Å²) in [6.07, 6.45) is 0. The minimum Gasteiger partial charge on any atom is -0.650 e. The number of nitrogens with zero attached hydrogens (tertiary/aromatic N) is 2. The number of piperazine rings is 1. The number of carbonyl (C=O) groups excluding carboxylic acids is 1. The Morgan fingerprint density at radius 1 is 1.32 bits per heavy atom. The molecule has 0 aromatic heterocycles. The molecule has 1 fully saturated rings. The Morgan fingerprint density at radius 3 is 2.36 bits per heavy atom. The number of rotatable bonds is 3. The Labute approximate surface area is 168 Å². The Hall–Kier alpha value is -0.0729. The second-order valence-corrected chi connectivity index (χ2v) is 6.10. The zero-order valence-corrected chi connectivity index (χ0v) is 17.8. The molecule has 1 aliphatic heterocycles. The molecule has 1 N–H and O–H groups in total. The van der Waals surface area contributed by atoms with Crippen LogP contribution in [0.3, 0.4) is 0 Å². The van der Waals surface area contributed by atoms with Crippen LogP contribution in [0.5, 0.6) is 0 Å². The summed E-state index contributed by atoms with van der Waals surface area (Å²) in [5, 5.41) is 12.5. The Morgan fingerprint density at radius 2 is 1.86 bits per heavy atom. The van der Waals surface area contributed by atoms with Gasteiger partial charge < -0.3 is 15.2 Å². The maximum atomic E-state index is 12.4. The van der Waals surface area contributed by atoms with Crippen LogP contribution in [0.2, 0.25) is 0 Å². The molecule has 2 rings (SSSR count). The Kier molecular flexibility index (Phi) is 8.66. The van der Waals surface area contributed by atoms with E-state index in [2.05, 4.69) is 5.32 Å². The zero-order valence-electron chi connectivity index (χ0n) is 11.2. The summed E-state index contributed by atoms with van der Waals surface area (Å²) in [5.41, 5.74) is 0.378. The van der Waals surface area contributed by atoms with E-state index >= 15 is 0 Å². The minimum absolute atomic E-state index is 0. The molecule has 0 spiro atoms. The van der Waals surface area contributed by atoms with Crippen molar-refractivity contribution in [3.8, 4) is 0 Å². The molecule has 1 aliphatic rings. The number of carbonyl (C=O) groups is 2. The van der Waals surface area contributed by atoms with Crippen molar-refractivity contribution >= 4 is 35.2 Å². The topological polar surface area (TPSA) is 106 Å². The van der Waals surface area contributed by atoms with E-state index in [-0.39, 0.29) is 65.2 Å². The summed E-state index contributed by atoms with van der Waals surface area (Å²) in [5.74, 6) is -2.01. The van der Waals surface area contributed by atoms with Gasteiger partial charge in [-0.05, 0) is 12.1 Å². The van der Waals surface area contributed by atoms with Crippen molar-refractivity contribution in [3.63, 3.8) is 0 Å². The molecule has 1 amide bonds. The van der Waals surface area contributed by atoms with Crippen molar-refractivity contribution in [1.29, 1.82) is 0 Å². The van der Waals surface area contributed by atoms with Crippen LogP contribution in [0.4, 0.5) is 0 Å². The third-order valence-corrected chi connectivity index (χ3v) is 4.72. The molecule has 0 saturated carbocycles. The van der Waals surface area contributed by atoms with Crippen LogP contribution in [0.1, 0.15) is 0 Å². The van der Waals surface area contributed by atoms with Crippen LogP contribution in [0.15, 0.2) is 29.2 Å². The van der Waals surface area contributed by atoms with Gasteiger partial charge in [0, 0.05) is 53.8 Å². The van der Waals surface area contributed by atoms with Crippen molar-refractivity contribution in [1.82, 2.24) is 4.31 Å². The molecule has 0 aliphatic carbocycles. The number of carboxylic acid groups (broad SMARTS) is 1. The Bertz CT molecular complexity index is 655. The van der Waals surface area contributed by atoms with Gasteiger partial charge in [-0.3, -0.25) is 4.79 Å². The predicted molar refractivity (Wildman–Crippen MR) is 70.4 cm³/mol. The SMILES string of the molecule is [B]c1ccc(S(=O)(=O)N2CC(=O)[N-]CC2C(=O)O)cc1.[W].[Y]. The smallest absolute Gasteiger partial charge is 0.320 e. The third kappa shape index (κ3) is 4.71. The normalized spacial score (nSPS) is 18.5. The van der Waals surface area contributed by atoms with E-state index in [1.807, 2.05) is 0 Å². The molecule has 7 nitrogen and oxygen atoms in total. The number of hydrogen-bond donors (Lipinski definition) is 1. The summed E-state index contributed by atoms with van der Waals surface area (Å²) in [6.45, 7) is -0.966. The van der Waals surface area contributed by atoms with E-state index in [4.69, 9.17) is 13.0 Å². The zero-order chi connectivity index (χ0) is 14.9. The second-order valence-electron chi connectivity index (χ2n) is 4.21. The molecule has 3 radical (unpaired) electrons. The van der Waals surface area contributed by atoms with E-state index < -0.39 is 34.5 Å². The standard InChI is InChI=1S/C11H11BN2O5S.W.Y/c12-7-1-3-8(4-2-7)20(18,19)14-6-10(15)13-5-9(14)11(16)17;;/h1-4,9H,5-6H2,(H2,13,15,16,17);;/p-1. The van der Waals surface area contributed by atoms with Gasteiger partial charge in [-0.25, -0.2) is 8.42 Å². The fourth-order valence-electron chi connectivity index (χ4n) is 1.80. The second kappa shape index (κ2) is 8.69. The molecule has 0 bridgehead atoms. The summed E-state index contributed by atoms with van der Waals surface area (Å²) >= 11 is 0. The van der Waals surface area contributed by atoms with E-state index in [0.717, 1.165) is 0 Å². The van der Waals surface area contributed by atoms with Crippen molar-refractivity contribution < 1.29 is 76.9 Å². The number of benzene rings is 1. The molecular weight excluding hydrogens is 556 g/mol. The molecule has 1 heterocycles. The number of hydrogen-bond acceptors (Lipinski definition) is 4. The average Bonchev–Trinajstić information content (AvgIpc) is 2.38. The van der Waals surface area contributed by atoms with Gasteiger partial charge in [-0.15, -0.1) is 6.54 Å². The van der Waals surface area contributed by atoms with Crippen molar-refractivity contribution in [2.45, 2.75) is 10.9 Å². The molecular formula is C11H10BN2O5SWY-. The first-order valence-electron chi connectivity index (χ1n) is 5.63. The number of carboxylic acids is 1. The predicted octanol–water partition coefficient (Wildman–Crippen LogP) is -1.17. The fraction of sp³-hybridized carbons (Fsp3) is 0.273. The molecule has 11 heteroatoms. The molecule has 113 valence electrons. The molecule has 1 saturated heterocycles. The van der Waals surface area contributed by atoms with Crippen LogP contribution in [-0.2, 0) is 73.4 Å². The first-order valence-corrected chi connectivity index (χ1v) is 7.07. The van der Waals surface area contributed by atoms with Gasteiger partial charge in [0.1, 0.15) is 13.9 Å². The quantitative estimate of drug-likeness (QED) is 0.465. The van der Waals surface area contributed by atoms with E-state index in [0.29, 0.717) is 9.77 Å². The Balaban J connectivity index is 0.00000220. The molecule has 1 atom stereocenters. The third-order valence-electron chi connectivity index (χ3n) is 2.85. The van der Waals surface area contributed by atoms with Crippen LogP contribution in [0, 0.1) is 0 Å². The average molecular weight is 566 g/mol. The first kappa shape index (κ1) is 21.9. The van der Waals surface area contributed by atoms with E-state index in [1.54, 1.807) is 0 Å². The maximum Gasteiger partial charge on any atom is 0.320 e. The molecule has 1 unspecified atom stereocenters. The fourth-order valence-corrected chi connectivity index (χ4v) is 3.32. The van der Waals surface area contributed by atoms with Crippen molar-refractivity contribution in [2.24, 2.45) is 0 Å². The number of aliphatic carboxylic acids is 1. The first-order chi connectivity index (χ1) is 9.32. The van der Waals surface area contributed by atoms with Crippen LogP contribution in [-0.4, -0.2) is 56.7 Å². The summed E-state index contributed by atoms with van der Waals surface area (Å²) in [6, 6.07) is 3.92. The van der Waals surface area contributed by atoms with Gasteiger partial charge in [-0.1, -0.05) is 17.6 Å². The van der Waals surface area contributed by atoms with E-state index in [9.17, 15) is 18.0 Å². The summed E-state index contributed by atoms with van der Waals surface area (Å²) < 4.78 is 25.4. The van der Waals surface area contributed by atoms with E-state index in [1.165, 1.54) is 24.3 Å². The van der Waals surface area contributed by atoms with Gasteiger partial charge >= 0.3 is 5.97 Å². The van der Waals surface area contributed by atoms with Crippen LogP contribution >= 0.6 is 0 Å². The number of amides is 1. The van der Waals surface area contributed by atoms with Crippen LogP contribution in [0.25, 0.3) is 5.32 Å². The van der Waals surface area contributed by atoms with Crippen LogP contribution < -0.4 is 5.46 Å². The van der Waals surface area contributed by atoms with Gasteiger partial charge in [0.05, 0.1) is 17.3 Å². The number of sulfonamides is 1. The van der Waals surface area contributed by atoms with Gasteiger partial charge in [0.2, 0.25) is 10.0 Å². The van der Waals surface area contributed by atoms with Crippen molar-refractivity contribution in [3.05, 3.63) is 29.6 Å². The monoisotopic (exact) mass is 566 g/mol. The molecule has 1 aromatic rings.